The molecule has 0 aromatic heterocycles. The molecule has 22 heavy (non-hydrogen) atoms. The van der Waals surface area contributed by atoms with Crippen LogP contribution in [-0.4, -0.2) is 6.61 Å². The van der Waals surface area contributed by atoms with Crippen LogP contribution in [-0.2, 0) is 13.2 Å². The van der Waals surface area contributed by atoms with Crippen molar-refractivity contribution in [1.82, 2.24) is 0 Å². The van der Waals surface area contributed by atoms with Gasteiger partial charge in [0.15, 0.2) is 11.5 Å². The van der Waals surface area contributed by atoms with E-state index >= 15 is 0 Å². The second-order valence-corrected chi connectivity index (χ2v) is 5.75. The average Bonchev–Trinajstić information content (AvgIpc) is 2.48. The van der Waals surface area contributed by atoms with Crippen LogP contribution < -0.4 is 15.2 Å². The molecule has 0 amide bonds. The molecule has 0 bridgehead atoms. The topological polar surface area (TPSA) is 44.5 Å². The molecule has 0 aliphatic carbocycles. The normalized spacial score (nSPS) is 10.6. The SMILES string of the molecule is CCOc1cc(CN)cc(Cl)c1OCc1c(Cl)cccc1Cl. The Morgan fingerprint density at radius 1 is 1.00 bits per heavy atom. The van der Waals surface area contributed by atoms with Crippen molar-refractivity contribution >= 4 is 34.8 Å². The van der Waals surface area contributed by atoms with E-state index in [1.165, 1.54) is 0 Å². The lowest BCUT2D eigenvalue weighted by atomic mass is 10.2. The van der Waals surface area contributed by atoms with Gasteiger partial charge in [0, 0.05) is 22.2 Å². The third-order valence-electron chi connectivity index (χ3n) is 3.03. The predicted octanol–water partition coefficient (Wildman–Crippen LogP) is 5.08. The number of hydrogen-bond acceptors (Lipinski definition) is 3. The van der Waals surface area contributed by atoms with Gasteiger partial charge in [0.05, 0.1) is 11.6 Å². The molecule has 118 valence electrons. The van der Waals surface area contributed by atoms with Crippen molar-refractivity contribution in [2.45, 2.75) is 20.1 Å². The molecule has 0 spiro atoms. The van der Waals surface area contributed by atoms with Crippen LogP contribution in [0.3, 0.4) is 0 Å². The lowest BCUT2D eigenvalue weighted by molar-refractivity contribution is 0.269. The third kappa shape index (κ3) is 3.99. The minimum Gasteiger partial charge on any atom is -0.490 e. The van der Waals surface area contributed by atoms with E-state index in [1.807, 2.05) is 13.0 Å². The van der Waals surface area contributed by atoms with E-state index in [0.29, 0.717) is 45.3 Å². The fourth-order valence-electron chi connectivity index (χ4n) is 1.96. The molecule has 0 heterocycles. The summed E-state index contributed by atoms with van der Waals surface area (Å²) in [5, 5.41) is 1.52. The molecule has 0 aliphatic heterocycles. The van der Waals surface area contributed by atoms with Gasteiger partial charge in [-0.05, 0) is 36.8 Å². The Morgan fingerprint density at radius 2 is 1.68 bits per heavy atom. The van der Waals surface area contributed by atoms with Crippen molar-refractivity contribution in [3.8, 4) is 11.5 Å². The summed E-state index contributed by atoms with van der Waals surface area (Å²) in [5.41, 5.74) is 7.22. The number of rotatable bonds is 6. The van der Waals surface area contributed by atoms with E-state index in [4.69, 9.17) is 50.0 Å². The Balaban J connectivity index is 2.29. The van der Waals surface area contributed by atoms with Gasteiger partial charge in [-0.15, -0.1) is 0 Å². The average molecular weight is 361 g/mol. The highest BCUT2D eigenvalue weighted by atomic mass is 35.5. The Hall–Kier alpha value is -1.13. The van der Waals surface area contributed by atoms with E-state index in [0.717, 1.165) is 5.56 Å². The Bertz CT molecular complexity index is 642. The van der Waals surface area contributed by atoms with Gasteiger partial charge >= 0.3 is 0 Å². The van der Waals surface area contributed by atoms with Crippen molar-refractivity contribution in [2.75, 3.05) is 6.61 Å². The van der Waals surface area contributed by atoms with Crippen molar-refractivity contribution in [2.24, 2.45) is 5.73 Å². The van der Waals surface area contributed by atoms with E-state index in [-0.39, 0.29) is 6.61 Å². The Morgan fingerprint density at radius 3 is 2.27 bits per heavy atom. The third-order valence-corrected chi connectivity index (χ3v) is 4.02. The first-order valence-corrected chi connectivity index (χ1v) is 7.91. The second-order valence-electron chi connectivity index (χ2n) is 4.53. The Kier molecular flexibility index (Phi) is 6.21. The summed E-state index contributed by atoms with van der Waals surface area (Å²) < 4.78 is 11.4. The van der Waals surface area contributed by atoms with E-state index in [1.54, 1.807) is 24.3 Å². The molecule has 2 rings (SSSR count). The summed E-state index contributed by atoms with van der Waals surface area (Å²) >= 11 is 18.5. The van der Waals surface area contributed by atoms with Crippen molar-refractivity contribution in [3.05, 3.63) is 56.5 Å². The molecular weight excluding hydrogens is 345 g/mol. The highest BCUT2D eigenvalue weighted by Gasteiger charge is 2.14. The molecule has 3 nitrogen and oxygen atoms in total. The molecule has 0 saturated carbocycles. The summed E-state index contributed by atoms with van der Waals surface area (Å²) in [6.07, 6.45) is 0. The van der Waals surface area contributed by atoms with Gasteiger partial charge in [-0.25, -0.2) is 0 Å². The largest absolute Gasteiger partial charge is 0.490 e. The summed E-state index contributed by atoms with van der Waals surface area (Å²) in [6.45, 7) is 2.95. The number of benzene rings is 2. The molecule has 0 saturated heterocycles. The maximum absolute atomic E-state index is 6.27. The number of hydrogen-bond donors (Lipinski definition) is 1. The highest BCUT2D eigenvalue weighted by molar-refractivity contribution is 6.36. The molecule has 2 N–H and O–H groups in total. The lowest BCUT2D eigenvalue weighted by Crippen LogP contribution is -2.04. The highest BCUT2D eigenvalue weighted by Crippen LogP contribution is 2.38. The molecule has 0 atom stereocenters. The summed E-state index contributed by atoms with van der Waals surface area (Å²) in [5.74, 6) is 1.01. The fourth-order valence-corrected chi connectivity index (χ4v) is 2.75. The van der Waals surface area contributed by atoms with Crippen LogP contribution in [0.5, 0.6) is 11.5 Å². The molecule has 2 aromatic carbocycles. The molecule has 0 aliphatic rings. The number of nitrogens with two attached hydrogens (primary N) is 1. The van der Waals surface area contributed by atoms with Crippen molar-refractivity contribution in [1.29, 1.82) is 0 Å². The minimum absolute atomic E-state index is 0.195. The van der Waals surface area contributed by atoms with Gasteiger partial charge in [-0.2, -0.15) is 0 Å². The smallest absolute Gasteiger partial charge is 0.180 e. The molecule has 2 aromatic rings. The summed E-state index contributed by atoms with van der Waals surface area (Å²) in [7, 11) is 0. The van der Waals surface area contributed by atoms with Crippen LogP contribution in [0.4, 0.5) is 0 Å². The first-order chi connectivity index (χ1) is 10.6. The van der Waals surface area contributed by atoms with E-state index in [2.05, 4.69) is 0 Å². The van der Waals surface area contributed by atoms with Crippen LogP contribution in [0, 0.1) is 0 Å². The van der Waals surface area contributed by atoms with Crippen molar-refractivity contribution in [3.63, 3.8) is 0 Å². The number of halogens is 3. The van der Waals surface area contributed by atoms with Gasteiger partial charge in [-0.1, -0.05) is 40.9 Å². The molecule has 0 unspecified atom stereocenters. The minimum atomic E-state index is 0.195. The standard InChI is InChI=1S/C16H16Cl3NO2/c1-2-21-15-7-10(8-20)6-14(19)16(15)22-9-11-12(17)4-3-5-13(11)18/h3-7H,2,8-9,20H2,1H3. The van der Waals surface area contributed by atoms with Crippen LogP contribution in [0.2, 0.25) is 15.1 Å². The van der Waals surface area contributed by atoms with Gasteiger partial charge < -0.3 is 15.2 Å². The quantitative estimate of drug-likeness (QED) is 0.781. The monoisotopic (exact) mass is 359 g/mol. The zero-order valence-electron chi connectivity index (χ0n) is 12.0. The molecule has 0 radical (unpaired) electrons. The second kappa shape index (κ2) is 7.93. The molecular formula is C16H16Cl3NO2. The zero-order chi connectivity index (χ0) is 16.1. The van der Waals surface area contributed by atoms with Gasteiger partial charge in [-0.3, -0.25) is 0 Å². The molecule has 0 fully saturated rings. The van der Waals surface area contributed by atoms with Gasteiger partial charge in [0.1, 0.15) is 6.61 Å². The van der Waals surface area contributed by atoms with Crippen LogP contribution in [0.1, 0.15) is 18.1 Å². The lowest BCUT2D eigenvalue weighted by Gasteiger charge is -2.16. The first kappa shape index (κ1) is 17.2. The van der Waals surface area contributed by atoms with Crippen LogP contribution in [0.15, 0.2) is 30.3 Å². The van der Waals surface area contributed by atoms with E-state index < -0.39 is 0 Å². The zero-order valence-corrected chi connectivity index (χ0v) is 14.3. The van der Waals surface area contributed by atoms with Crippen molar-refractivity contribution < 1.29 is 9.47 Å². The maximum Gasteiger partial charge on any atom is 0.180 e. The molecule has 6 heteroatoms. The number of ether oxygens (including phenoxy) is 2. The predicted molar refractivity (Wildman–Crippen MR) is 91.3 cm³/mol. The Labute approximate surface area is 144 Å². The van der Waals surface area contributed by atoms with Crippen LogP contribution >= 0.6 is 34.8 Å². The van der Waals surface area contributed by atoms with Gasteiger partial charge in [0.2, 0.25) is 0 Å². The summed E-state index contributed by atoms with van der Waals surface area (Å²) in [4.78, 5) is 0. The summed E-state index contributed by atoms with van der Waals surface area (Å²) in [6, 6.07) is 8.87. The fraction of sp³-hybridized carbons (Fsp3) is 0.250. The van der Waals surface area contributed by atoms with Crippen LogP contribution in [0.25, 0.3) is 0 Å². The van der Waals surface area contributed by atoms with E-state index in [9.17, 15) is 0 Å². The van der Waals surface area contributed by atoms with Gasteiger partial charge in [0.25, 0.3) is 0 Å². The first-order valence-electron chi connectivity index (χ1n) is 6.77. The maximum atomic E-state index is 6.27.